The van der Waals surface area contributed by atoms with Crippen LogP contribution in [0.1, 0.15) is 37.4 Å². The van der Waals surface area contributed by atoms with Gasteiger partial charge in [0.15, 0.2) is 0 Å². The third kappa shape index (κ3) is 6.18. The van der Waals surface area contributed by atoms with Gasteiger partial charge in [0, 0.05) is 24.3 Å². The summed E-state index contributed by atoms with van der Waals surface area (Å²) in [5.74, 6) is -10.9. The first-order valence-electron chi connectivity index (χ1n) is 11.3. The van der Waals surface area contributed by atoms with Gasteiger partial charge in [0.1, 0.15) is 58.0 Å². The number of benzene rings is 4. The molecule has 0 amide bonds. The molecule has 204 valence electrons. The van der Waals surface area contributed by atoms with E-state index in [1.54, 1.807) is 0 Å². The van der Waals surface area contributed by atoms with E-state index < -0.39 is 80.7 Å². The van der Waals surface area contributed by atoms with Crippen molar-refractivity contribution in [3.63, 3.8) is 0 Å². The van der Waals surface area contributed by atoms with Gasteiger partial charge in [0.05, 0.1) is 17.7 Å². The van der Waals surface area contributed by atoms with Gasteiger partial charge in [0.25, 0.3) is 5.69 Å². The maximum absolute atomic E-state index is 14.6. The molecule has 6 nitrogen and oxygen atoms in total. The van der Waals surface area contributed by atoms with Gasteiger partial charge in [-0.05, 0) is 41.8 Å². The Labute approximate surface area is 227 Å². The number of ether oxygens (including phenoxy) is 2. The van der Waals surface area contributed by atoms with E-state index in [2.05, 4.69) is 4.85 Å². The van der Waals surface area contributed by atoms with Crippen LogP contribution in [0.5, 0.6) is 11.5 Å². The zero-order valence-electron chi connectivity index (χ0n) is 20.3. The predicted octanol–water partition coefficient (Wildman–Crippen LogP) is 6.97. The molecule has 0 aliphatic heterocycles. The van der Waals surface area contributed by atoms with Crippen molar-refractivity contribution in [1.29, 1.82) is 5.26 Å². The first-order valence-corrected chi connectivity index (χ1v) is 11.3. The van der Waals surface area contributed by atoms with Crippen molar-refractivity contribution in [2.45, 2.75) is 6.42 Å². The molecule has 0 fully saturated rings. The van der Waals surface area contributed by atoms with Crippen LogP contribution in [0.4, 0.5) is 32.0 Å². The molecular formula is C29H12F6N2O4. The highest BCUT2D eigenvalue weighted by Gasteiger charge is 2.20. The van der Waals surface area contributed by atoms with Crippen LogP contribution in [0, 0.1) is 52.8 Å². The van der Waals surface area contributed by atoms with Gasteiger partial charge in [-0.15, -0.1) is 0 Å². The van der Waals surface area contributed by atoms with Gasteiger partial charge in [0.2, 0.25) is 0 Å². The predicted molar refractivity (Wildman–Crippen MR) is 129 cm³/mol. The summed E-state index contributed by atoms with van der Waals surface area (Å²) in [5.41, 5.74) is -2.35. The minimum atomic E-state index is -1.27. The maximum atomic E-state index is 14.6. The quantitative estimate of drug-likeness (QED) is 0.109. The van der Waals surface area contributed by atoms with E-state index in [1.165, 1.54) is 18.2 Å². The summed E-state index contributed by atoms with van der Waals surface area (Å²) in [6.07, 6.45) is -0.0565. The minimum absolute atomic E-state index is 0.0565. The maximum Gasteiger partial charge on any atom is 0.346 e. The summed E-state index contributed by atoms with van der Waals surface area (Å²) in [6, 6.07) is 10.3. The largest absolute Gasteiger partial charge is 0.423 e. The second-order valence-electron chi connectivity index (χ2n) is 8.31. The average molecular weight is 566 g/mol. The molecule has 4 aromatic rings. The smallest absolute Gasteiger partial charge is 0.346 e. The lowest BCUT2D eigenvalue weighted by atomic mass is 10.0. The first kappa shape index (κ1) is 28.4. The average Bonchev–Trinajstić information content (AvgIpc) is 2.88. The summed E-state index contributed by atoms with van der Waals surface area (Å²) in [5, 5.41) is 8.70. The number of carbonyl (C=O) groups is 2. The Morgan fingerprint density at radius 2 is 1.10 bits per heavy atom. The minimum Gasteiger partial charge on any atom is -0.423 e. The number of esters is 2. The third-order valence-corrected chi connectivity index (χ3v) is 5.57. The molecule has 12 heteroatoms. The van der Waals surface area contributed by atoms with Crippen LogP contribution in [-0.2, 0) is 6.42 Å². The first-order chi connectivity index (χ1) is 19.5. The fourth-order valence-electron chi connectivity index (χ4n) is 3.65. The molecule has 0 saturated heterocycles. The lowest BCUT2D eigenvalue weighted by Crippen LogP contribution is -2.12. The molecule has 41 heavy (non-hydrogen) atoms. The van der Waals surface area contributed by atoms with E-state index in [4.69, 9.17) is 21.3 Å². The normalized spacial score (nSPS) is 10.4. The number of hydrogen-bond acceptors (Lipinski definition) is 5. The van der Waals surface area contributed by atoms with Crippen LogP contribution in [0.25, 0.3) is 4.85 Å². The van der Waals surface area contributed by atoms with Crippen LogP contribution >= 0.6 is 0 Å². The van der Waals surface area contributed by atoms with Gasteiger partial charge in [-0.25, -0.2) is 40.8 Å². The second-order valence-corrected chi connectivity index (χ2v) is 8.31. The van der Waals surface area contributed by atoms with E-state index in [0.29, 0.717) is 24.3 Å². The van der Waals surface area contributed by atoms with Crippen molar-refractivity contribution in [1.82, 2.24) is 0 Å². The summed E-state index contributed by atoms with van der Waals surface area (Å²) in [7, 11) is 0. The molecule has 4 rings (SSSR count). The number of nitriles is 1. The van der Waals surface area contributed by atoms with E-state index in [0.717, 1.165) is 24.3 Å². The number of halogens is 6. The zero-order valence-corrected chi connectivity index (χ0v) is 20.3. The van der Waals surface area contributed by atoms with Crippen LogP contribution in [0.2, 0.25) is 0 Å². The Bertz CT molecular complexity index is 1630. The van der Waals surface area contributed by atoms with Crippen LogP contribution in [-0.4, -0.2) is 11.9 Å². The fraction of sp³-hybridized carbons (Fsp3) is 0.0345. The highest BCUT2D eigenvalue weighted by molar-refractivity contribution is 5.92. The van der Waals surface area contributed by atoms with Crippen molar-refractivity contribution >= 4 is 17.6 Å². The van der Waals surface area contributed by atoms with Crippen molar-refractivity contribution in [2.75, 3.05) is 0 Å². The molecule has 0 aliphatic rings. The zero-order chi connectivity index (χ0) is 29.8. The van der Waals surface area contributed by atoms with Crippen molar-refractivity contribution in [3.8, 4) is 17.6 Å². The summed E-state index contributed by atoms with van der Waals surface area (Å²) >= 11 is 0. The van der Waals surface area contributed by atoms with Gasteiger partial charge in [-0.2, -0.15) is 5.26 Å². The Morgan fingerprint density at radius 1 is 0.683 bits per heavy atom. The van der Waals surface area contributed by atoms with Crippen LogP contribution < -0.4 is 9.47 Å². The molecule has 0 unspecified atom stereocenters. The molecule has 0 saturated carbocycles. The molecular weight excluding hydrogens is 554 g/mol. The van der Waals surface area contributed by atoms with Gasteiger partial charge in [-0.3, -0.25) is 0 Å². The van der Waals surface area contributed by atoms with E-state index in [9.17, 15) is 35.9 Å². The molecule has 0 atom stereocenters. The molecule has 0 heterocycles. The molecule has 0 spiro atoms. The summed E-state index contributed by atoms with van der Waals surface area (Å²) in [6.45, 7) is 6.72. The summed E-state index contributed by atoms with van der Waals surface area (Å²) < 4.78 is 93.9. The Hall–Kier alpha value is -5.62. The highest BCUT2D eigenvalue weighted by atomic mass is 19.2. The molecule has 0 aromatic heterocycles. The molecule has 0 bridgehead atoms. The lowest BCUT2D eigenvalue weighted by Gasteiger charge is -2.09. The number of nitrogens with zero attached hydrogens (tertiary/aromatic N) is 2. The molecule has 0 aliphatic carbocycles. The summed E-state index contributed by atoms with van der Waals surface area (Å²) in [4.78, 5) is 27.3. The monoisotopic (exact) mass is 566 g/mol. The van der Waals surface area contributed by atoms with Crippen LogP contribution in [0.15, 0.2) is 60.7 Å². The standard InChI is InChI=1S/C29H12F6N2O4/c1-37-27-25(34)11-17(12-26(27)35)41-29(39)19-5-3-15(8-22(19)31)6-14-2-4-18(21(30)7-14)28(38)40-16-9-23(32)20(13-36)24(33)10-16/h2-5,7-12H,6H2. The van der Waals surface area contributed by atoms with Crippen molar-refractivity contribution in [2.24, 2.45) is 0 Å². The molecule has 4 aromatic carbocycles. The van der Waals surface area contributed by atoms with Crippen LogP contribution in [0.3, 0.4) is 0 Å². The van der Waals surface area contributed by atoms with E-state index >= 15 is 0 Å². The SMILES string of the molecule is [C-]#[N+]c1c(F)cc(OC(=O)c2ccc(Cc3ccc(C(=O)Oc4cc(F)c(C#N)c(F)c4)c(F)c3)cc2F)cc1F. The third-order valence-electron chi connectivity index (χ3n) is 5.57. The van der Waals surface area contributed by atoms with Gasteiger partial charge in [-0.1, -0.05) is 12.1 Å². The van der Waals surface area contributed by atoms with Crippen molar-refractivity contribution in [3.05, 3.63) is 135 Å². The number of rotatable bonds is 6. The van der Waals surface area contributed by atoms with Crippen molar-refractivity contribution < 1.29 is 45.4 Å². The lowest BCUT2D eigenvalue weighted by molar-refractivity contribution is 0.0719. The second kappa shape index (κ2) is 11.6. The Kier molecular flexibility index (Phi) is 8.06. The Balaban J connectivity index is 1.45. The van der Waals surface area contributed by atoms with E-state index in [1.807, 2.05) is 0 Å². The number of carbonyl (C=O) groups excluding carboxylic acids is 2. The Morgan fingerprint density at radius 3 is 1.46 bits per heavy atom. The topological polar surface area (TPSA) is 80.8 Å². The van der Waals surface area contributed by atoms with Gasteiger partial charge < -0.3 is 9.47 Å². The fourth-order valence-corrected chi connectivity index (χ4v) is 3.65. The number of hydrogen-bond donors (Lipinski definition) is 0. The highest BCUT2D eigenvalue weighted by Crippen LogP contribution is 2.28. The van der Waals surface area contributed by atoms with E-state index in [-0.39, 0.29) is 17.5 Å². The molecule has 0 radical (unpaired) electrons. The molecule has 0 N–H and O–H groups in total. The van der Waals surface area contributed by atoms with Gasteiger partial charge >= 0.3 is 11.9 Å².